The molecular formula is C22H22N4O2. The van der Waals surface area contributed by atoms with Gasteiger partial charge in [0.25, 0.3) is 5.91 Å². The molecule has 3 rings (SSSR count). The summed E-state index contributed by atoms with van der Waals surface area (Å²) in [5.74, 6) is 0.162. The van der Waals surface area contributed by atoms with Crippen LogP contribution >= 0.6 is 0 Å². The first-order valence-corrected chi connectivity index (χ1v) is 8.89. The van der Waals surface area contributed by atoms with Crippen molar-refractivity contribution < 1.29 is 9.59 Å². The number of aromatic nitrogens is 1. The maximum atomic E-state index is 12.6. The van der Waals surface area contributed by atoms with E-state index in [1.54, 1.807) is 42.6 Å². The molecule has 1 aromatic heterocycles. The van der Waals surface area contributed by atoms with Gasteiger partial charge in [0.05, 0.1) is 0 Å². The number of hydrogen-bond acceptors (Lipinski definition) is 4. The average Bonchev–Trinajstić information content (AvgIpc) is 2.61. The Morgan fingerprint density at radius 3 is 2.18 bits per heavy atom. The van der Waals surface area contributed by atoms with Crippen LogP contribution in [0.5, 0.6) is 0 Å². The fraction of sp³-hybridized carbons (Fsp3) is 0.136. The highest BCUT2D eigenvalue weighted by Gasteiger charge is 2.09. The van der Waals surface area contributed by atoms with Crippen molar-refractivity contribution in [3.8, 4) is 0 Å². The summed E-state index contributed by atoms with van der Waals surface area (Å²) in [7, 11) is 0. The first-order chi connectivity index (χ1) is 13.4. The maximum Gasteiger partial charge on any atom is 0.255 e. The van der Waals surface area contributed by atoms with Gasteiger partial charge in [0.15, 0.2) is 0 Å². The molecule has 2 amide bonds. The number of benzene rings is 2. The Labute approximate surface area is 164 Å². The first kappa shape index (κ1) is 19.1. The van der Waals surface area contributed by atoms with Crippen molar-refractivity contribution in [1.82, 2.24) is 4.98 Å². The van der Waals surface area contributed by atoms with E-state index in [-0.39, 0.29) is 11.8 Å². The quantitative estimate of drug-likeness (QED) is 0.607. The van der Waals surface area contributed by atoms with E-state index in [1.165, 1.54) is 6.92 Å². The van der Waals surface area contributed by atoms with Crippen molar-refractivity contribution in [3.63, 3.8) is 0 Å². The molecule has 0 aliphatic rings. The molecule has 0 fully saturated rings. The minimum Gasteiger partial charge on any atom is -0.340 e. The van der Waals surface area contributed by atoms with Crippen molar-refractivity contribution in [1.29, 1.82) is 0 Å². The molecule has 0 radical (unpaired) electrons. The smallest absolute Gasteiger partial charge is 0.255 e. The lowest BCUT2D eigenvalue weighted by Gasteiger charge is -2.10. The van der Waals surface area contributed by atoms with Crippen LogP contribution in [0.25, 0.3) is 0 Å². The summed E-state index contributed by atoms with van der Waals surface area (Å²) in [6, 6.07) is 16.5. The monoisotopic (exact) mass is 374 g/mol. The number of amides is 2. The van der Waals surface area contributed by atoms with Crippen LogP contribution in [0.1, 0.15) is 28.4 Å². The molecule has 0 saturated heterocycles. The number of anilines is 4. The molecule has 0 aliphatic heterocycles. The number of carbonyl (C=O) groups excluding carboxylic acids is 2. The zero-order valence-electron chi connectivity index (χ0n) is 16.0. The highest BCUT2D eigenvalue weighted by molar-refractivity contribution is 6.05. The Kier molecular flexibility index (Phi) is 5.69. The van der Waals surface area contributed by atoms with Gasteiger partial charge < -0.3 is 16.0 Å². The second-order valence-electron chi connectivity index (χ2n) is 6.65. The molecule has 0 spiro atoms. The zero-order chi connectivity index (χ0) is 20.1. The van der Waals surface area contributed by atoms with E-state index >= 15 is 0 Å². The van der Waals surface area contributed by atoms with Crippen molar-refractivity contribution in [2.45, 2.75) is 20.8 Å². The van der Waals surface area contributed by atoms with Gasteiger partial charge in [0.2, 0.25) is 5.91 Å². The van der Waals surface area contributed by atoms with Crippen LogP contribution in [-0.2, 0) is 4.79 Å². The first-order valence-electron chi connectivity index (χ1n) is 8.89. The average molecular weight is 374 g/mol. The normalized spacial score (nSPS) is 10.2. The molecule has 0 saturated carbocycles. The van der Waals surface area contributed by atoms with E-state index in [1.807, 2.05) is 26.0 Å². The fourth-order valence-electron chi connectivity index (χ4n) is 2.92. The van der Waals surface area contributed by atoms with Crippen molar-refractivity contribution >= 4 is 34.7 Å². The highest BCUT2D eigenvalue weighted by atomic mass is 16.2. The van der Waals surface area contributed by atoms with E-state index in [4.69, 9.17) is 0 Å². The molecule has 0 unspecified atom stereocenters. The van der Waals surface area contributed by atoms with Crippen molar-refractivity contribution in [2.75, 3.05) is 16.0 Å². The lowest BCUT2D eigenvalue weighted by atomic mass is 10.1. The third-order valence-electron chi connectivity index (χ3n) is 3.96. The van der Waals surface area contributed by atoms with Crippen LogP contribution in [0.2, 0.25) is 0 Å². The summed E-state index contributed by atoms with van der Waals surface area (Å²) in [6.45, 7) is 5.50. The summed E-state index contributed by atoms with van der Waals surface area (Å²) in [5, 5.41) is 8.77. The Hall–Kier alpha value is -3.67. The number of nitrogens with zero attached hydrogens (tertiary/aromatic N) is 1. The Morgan fingerprint density at radius 1 is 0.821 bits per heavy atom. The molecule has 0 bridgehead atoms. The third kappa shape index (κ3) is 5.17. The summed E-state index contributed by atoms with van der Waals surface area (Å²) in [5.41, 5.74) is 4.91. The van der Waals surface area contributed by atoms with E-state index in [2.05, 4.69) is 27.0 Å². The lowest BCUT2D eigenvalue weighted by Crippen LogP contribution is -2.13. The molecule has 2 aromatic carbocycles. The zero-order valence-corrected chi connectivity index (χ0v) is 16.0. The largest absolute Gasteiger partial charge is 0.340 e. The van der Waals surface area contributed by atoms with Gasteiger partial charge >= 0.3 is 0 Å². The van der Waals surface area contributed by atoms with Crippen LogP contribution in [-0.4, -0.2) is 16.8 Å². The number of pyridine rings is 1. The second kappa shape index (κ2) is 8.35. The van der Waals surface area contributed by atoms with E-state index in [0.29, 0.717) is 22.8 Å². The minimum atomic E-state index is -0.258. The molecule has 3 N–H and O–H groups in total. The summed E-state index contributed by atoms with van der Waals surface area (Å²) in [6.07, 6.45) is 1.59. The predicted molar refractivity (Wildman–Crippen MR) is 112 cm³/mol. The maximum absolute atomic E-state index is 12.6. The van der Waals surface area contributed by atoms with Gasteiger partial charge in [0.1, 0.15) is 5.82 Å². The van der Waals surface area contributed by atoms with Crippen molar-refractivity contribution in [3.05, 3.63) is 77.5 Å². The molecule has 0 aliphatic carbocycles. The lowest BCUT2D eigenvalue weighted by molar-refractivity contribution is -0.114. The fourth-order valence-corrected chi connectivity index (χ4v) is 2.92. The molecule has 3 aromatic rings. The van der Waals surface area contributed by atoms with E-state index in [9.17, 15) is 9.59 Å². The number of hydrogen-bond donors (Lipinski definition) is 3. The Balaban J connectivity index is 1.74. The Bertz CT molecular complexity index is 1010. The van der Waals surface area contributed by atoms with Crippen LogP contribution < -0.4 is 16.0 Å². The summed E-state index contributed by atoms with van der Waals surface area (Å²) >= 11 is 0. The van der Waals surface area contributed by atoms with Gasteiger partial charge in [-0.2, -0.15) is 0 Å². The third-order valence-corrected chi connectivity index (χ3v) is 3.96. The minimum absolute atomic E-state index is 0.167. The summed E-state index contributed by atoms with van der Waals surface area (Å²) in [4.78, 5) is 28.1. The molecule has 28 heavy (non-hydrogen) atoms. The van der Waals surface area contributed by atoms with Crippen LogP contribution in [0, 0.1) is 13.8 Å². The van der Waals surface area contributed by atoms with Gasteiger partial charge in [0, 0.05) is 35.7 Å². The predicted octanol–water partition coefficient (Wildman–Crippen LogP) is 4.65. The van der Waals surface area contributed by atoms with Crippen molar-refractivity contribution in [2.24, 2.45) is 0 Å². The molecule has 1 heterocycles. The number of aryl methyl sites for hydroxylation is 2. The van der Waals surface area contributed by atoms with Crippen LogP contribution in [0.3, 0.4) is 0 Å². The molecule has 6 nitrogen and oxygen atoms in total. The highest BCUT2D eigenvalue weighted by Crippen LogP contribution is 2.20. The van der Waals surface area contributed by atoms with Gasteiger partial charge in [-0.05, 0) is 67.4 Å². The second-order valence-corrected chi connectivity index (χ2v) is 6.65. The van der Waals surface area contributed by atoms with E-state index in [0.717, 1.165) is 16.8 Å². The topological polar surface area (TPSA) is 83.1 Å². The Morgan fingerprint density at radius 2 is 1.50 bits per heavy atom. The number of rotatable bonds is 5. The van der Waals surface area contributed by atoms with Crippen LogP contribution in [0.4, 0.5) is 22.9 Å². The van der Waals surface area contributed by atoms with E-state index < -0.39 is 0 Å². The SMILES string of the molecule is CC(=O)Nc1cccc(NC(=O)c2ccnc(Nc3cc(C)cc(C)c3)c2)c1. The molecule has 142 valence electrons. The molecule has 0 atom stereocenters. The van der Waals surface area contributed by atoms with Gasteiger partial charge in [-0.1, -0.05) is 12.1 Å². The molecular weight excluding hydrogens is 352 g/mol. The van der Waals surface area contributed by atoms with Gasteiger partial charge in [-0.3, -0.25) is 9.59 Å². The van der Waals surface area contributed by atoms with Gasteiger partial charge in [-0.25, -0.2) is 4.98 Å². The standard InChI is InChI=1S/C22H22N4O2/c1-14-9-15(2)11-20(10-14)25-21-12-17(7-8-23-21)22(28)26-19-6-4-5-18(13-19)24-16(3)27/h4-13H,1-3H3,(H,23,25)(H,24,27)(H,26,28). The molecule has 6 heteroatoms. The summed E-state index contributed by atoms with van der Waals surface area (Å²) < 4.78 is 0. The number of nitrogens with one attached hydrogen (secondary N) is 3. The van der Waals surface area contributed by atoms with Gasteiger partial charge in [-0.15, -0.1) is 0 Å². The number of carbonyl (C=O) groups is 2. The van der Waals surface area contributed by atoms with Crippen LogP contribution in [0.15, 0.2) is 60.8 Å².